The van der Waals surface area contributed by atoms with Crippen molar-refractivity contribution >= 4 is 23.6 Å². The molecule has 10 heteroatoms. The van der Waals surface area contributed by atoms with E-state index in [1.165, 1.54) is 38.5 Å². The summed E-state index contributed by atoms with van der Waals surface area (Å²) in [6.45, 7) is 6.37. The van der Waals surface area contributed by atoms with E-state index in [1.54, 1.807) is 24.3 Å². The molecule has 4 amide bonds. The number of hydrazine groups is 2. The molecule has 0 bridgehead atoms. The van der Waals surface area contributed by atoms with Crippen molar-refractivity contribution in [2.24, 2.45) is 5.92 Å². The van der Waals surface area contributed by atoms with Crippen molar-refractivity contribution in [3.8, 4) is 11.5 Å². The Balaban J connectivity index is 1.65. The van der Waals surface area contributed by atoms with Crippen LogP contribution in [0.2, 0.25) is 0 Å². The van der Waals surface area contributed by atoms with E-state index >= 15 is 0 Å². The van der Waals surface area contributed by atoms with Crippen LogP contribution in [-0.2, 0) is 22.4 Å². The van der Waals surface area contributed by atoms with Gasteiger partial charge in [-0.15, -0.1) is 0 Å². The molecule has 0 saturated carbocycles. The maximum absolute atomic E-state index is 12.9. The fourth-order valence-corrected chi connectivity index (χ4v) is 6.04. The van der Waals surface area contributed by atoms with Crippen LogP contribution in [0.15, 0.2) is 36.4 Å². The molecule has 0 saturated heterocycles. The summed E-state index contributed by atoms with van der Waals surface area (Å²) >= 11 is 0. The van der Waals surface area contributed by atoms with Gasteiger partial charge in [0.1, 0.15) is 11.5 Å². The molecular weight excluding hydrogens is 632 g/mol. The Labute approximate surface area is 299 Å². The van der Waals surface area contributed by atoms with E-state index in [2.05, 4.69) is 35.6 Å². The molecule has 0 aliphatic carbocycles. The average Bonchev–Trinajstić information content (AvgIpc) is 3.10. The van der Waals surface area contributed by atoms with Crippen molar-refractivity contribution < 1.29 is 29.4 Å². The zero-order valence-corrected chi connectivity index (χ0v) is 30.7. The highest BCUT2D eigenvalue weighted by Crippen LogP contribution is 2.22. The molecular formula is C40H62N4O6. The fraction of sp³-hybridized carbons (Fsp3) is 0.600. The van der Waals surface area contributed by atoms with Crippen molar-refractivity contribution in [2.45, 2.75) is 149 Å². The van der Waals surface area contributed by atoms with E-state index in [1.807, 2.05) is 19.1 Å². The molecule has 278 valence electrons. The van der Waals surface area contributed by atoms with Crippen molar-refractivity contribution in [2.75, 3.05) is 0 Å². The Morgan fingerprint density at radius 2 is 1.02 bits per heavy atom. The molecule has 0 aromatic heterocycles. The number of amides is 4. The number of carbonyl (C=O) groups is 4. The lowest BCUT2D eigenvalue weighted by molar-refractivity contribution is -0.126. The van der Waals surface area contributed by atoms with Crippen LogP contribution in [0.25, 0.3) is 0 Å². The minimum atomic E-state index is -0.569. The first kappa shape index (κ1) is 42.1. The number of phenols is 2. The molecule has 0 heterocycles. The Hall–Kier alpha value is -4.08. The highest BCUT2D eigenvalue weighted by Gasteiger charge is 2.19. The molecule has 6 N–H and O–H groups in total. The third-order valence-corrected chi connectivity index (χ3v) is 9.08. The number of phenolic OH excluding ortho intramolecular Hbond substituents is 2. The highest BCUT2D eigenvalue weighted by atomic mass is 16.3. The zero-order chi connectivity index (χ0) is 36.6. The third-order valence-electron chi connectivity index (χ3n) is 9.08. The highest BCUT2D eigenvalue weighted by molar-refractivity contribution is 5.98. The van der Waals surface area contributed by atoms with Crippen LogP contribution >= 0.6 is 0 Å². The van der Waals surface area contributed by atoms with E-state index in [0.29, 0.717) is 19.3 Å². The van der Waals surface area contributed by atoms with Crippen LogP contribution in [0.5, 0.6) is 11.5 Å². The van der Waals surface area contributed by atoms with Crippen molar-refractivity contribution in [1.82, 2.24) is 21.7 Å². The predicted molar refractivity (Wildman–Crippen MR) is 198 cm³/mol. The fourth-order valence-electron chi connectivity index (χ4n) is 6.04. The first-order chi connectivity index (χ1) is 24.2. The molecule has 50 heavy (non-hydrogen) atoms. The Morgan fingerprint density at radius 3 is 1.52 bits per heavy atom. The molecule has 0 spiro atoms. The van der Waals surface area contributed by atoms with Gasteiger partial charge in [-0.1, -0.05) is 110 Å². The summed E-state index contributed by atoms with van der Waals surface area (Å²) in [6.07, 6.45) is 18.7. The Kier molecular flexibility index (Phi) is 21.0. The lowest BCUT2D eigenvalue weighted by Gasteiger charge is -2.17. The second kappa shape index (κ2) is 25.0. The number of aryl methyl sites for hydroxylation is 2. The van der Waals surface area contributed by atoms with Crippen LogP contribution in [0.4, 0.5) is 0 Å². The largest absolute Gasteiger partial charge is 0.507 e. The summed E-state index contributed by atoms with van der Waals surface area (Å²) in [5, 5.41) is 20.7. The van der Waals surface area contributed by atoms with Crippen LogP contribution < -0.4 is 21.7 Å². The second-order valence-corrected chi connectivity index (χ2v) is 13.4. The van der Waals surface area contributed by atoms with Crippen molar-refractivity contribution in [3.05, 3.63) is 58.7 Å². The lowest BCUT2D eigenvalue weighted by atomic mass is 9.95. The molecule has 2 aromatic carbocycles. The first-order valence-corrected chi connectivity index (χ1v) is 19.0. The van der Waals surface area contributed by atoms with Crippen LogP contribution in [0, 0.1) is 5.92 Å². The van der Waals surface area contributed by atoms with Gasteiger partial charge >= 0.3 is 0 Å². The molecule has 2 rings (SSSR count). The van der Waals surface area contributed by atoms with Crippen LogP contribution in [0.1, 0.15) is 168 Å². The van der Waals surface area contributed by atoms with Crippen LogP contribution in [0.3, 0.4) is 0 Å². The Morgan fingerprint density at radius 1 is 0.540 bits per heavy atom. The Bertz CT molecular complexity index is 1330. The number of unbranched alkanes of at least 4 members (excludes halogenated alkanes) is 11. The normalized spacial score (nSPS) is 11.5. The van der Waals surface area contributed by atoms with Crippen molar-refractivity contribution in [3.63, 3.8) is 0 Å². The number of hydrogen-bond acceptors (Lipinski definition) is 6. The summed E-state index contributed by atoms with van der Waals surface area (Å²) in [5.41, 5.74) is 12.0. The maximum atomic E-state index is 12.9. The first-order valence-electron chi connectivity index (χ1n) is 19.0. The van der Waals surface area contributed by atoms with Gasteiger partial charge in [0, 0.05) is 12.3 Å². The van der Waals surface area contributed by atoms with Gasteiger partial charge in [0.25, 0.3) is 11.8 Å². The standard InChI is InChI=1S/C40H62N4O6/c1-4-7-9-11-15-20-30-24-26-33(35(45)28-30)39(49)43-41-37(47)23-18-14-13-17-22-32(19-6-3)38(48)42-44-40(50)34-27-25-31(29-36(34)46)21-16-12-10-8-5-2/h24-29,32,45-46H,4-23H2,1-3H3,(H,41,47)(H,42,48)(H,43,49)(H,44,50). The van der Waals surface area contributed by atoms with E-state index in [4.69, 9.17) is 0 Å². The SMILES string of the molecule is CCCCCCCc1ccc(C(=O)NNC(=O)CCCCCCC(CCC)C(=O)NNC(=O)c2ccc(CCCCCCC)cc2O)c(O)c1. The second-order valence-electron chi connectivity index (χ2n) is 13.4. The summed E-state index contributed by atoms with van der Waals surface area (Å²) in [4.78, 5) is 50.3. The van der Waals surface area contributed by atoms with Gasteiger partial charge in [0.2, 0.25) is 11.8 Å². The molecule has 0 aliphatic rings. The van der Waals surface area contributed by atoms with Gasteiger partial charge in [-0.2, -0.15) is 0 Å². The summed E-state index contributed by atoms with van der Waals surface area (Å²) < 4.78 is 0. The summed E-state index contributed by atoms with van der Waals surface area (Å²) in [5.74, 6) is -2.18. The number of nitrogens with one attached hydrogen (secondary N) is 4. The smallest absolute Gasteiger partial charge is 0.273 e. The molecule has 0 aliphatic heterocycles. The average molecular weight is 695 g/mol. The number of carbonyl (C=O) groups excluding carboxylic acids is 4. The van der Waals surface area contributed by atoms with E-state index < -0.39 is 11.8 Å². The van der Waals surface area contributed by atoms with Gasteiger partial charge < -0.3 is 10.2 Å². The molecule has 1 unspecified atom stereocenters. The predicted octanol–water partition coefficient (Wildman–Crippen LogP) is 8.10. The minimum absolute atomic E-state index is 0.100. The zero-order valence-electron chi connectivity index (χ0n) is 30.7. The molecule has 0 radical (unpaired) electrons. The number of hydrogen-bond donors (Lipinski definition) is 6. The van der Waals surface area contributed by atoms with Gasteiger partial charge in [0.05, 0.1) is 11.1 Å². The quantitative estimate of drug-likeness (QED) is 0.0482. The minimum Gasteiger partial charge on any atom is -0.507 e. The summed E-state index contributed by atoms with van der Waals surface area (Å²) in [7, 11) is 0. The summed E-state index contributed by atoms with van der Waals surface area (Å²) in [6, 6.07) is 10.1. The van der Waals surface area contributed by atoms with E-state index in [0.717, 1.165) is 75.3 Å². The van der Waals surface area contributed by atoms with E-state index in [9.17, 15) is 29.4 Å². The van der Waals surface area contributed by atoms with Gasteiger partial charge in [-0.25, -0.2) is 0 Å². The number of benzene rings is 2. The van der Waals surface area contributed by atoms with E-state index in [-0.39, 0.29) is 46.8 Å². The topological polar surface area (TPSA) is 157 Å². The van der Waals surface area contributed by atoms with Gasteiger partial charge in [-0.05, 0) is 80.3 Å². The third kappa shape index (κ3) is 16.5. The maximum Gasteiger partial charge on any atom is 0.273 e. The molecule has 0 fully saturated rings. The monoisotopic (exact) mass is 694 g/mol. The molecule has 2 aromatic rings. The molecule has 10 nitrogen and oxygen atoms in total. The van der Waals surface area contributed by atoms with Gasteiger partial charge in [0.15, 0.2) is 0 Å². The molecule has 1 atom stereocenters. The number of aromatic hydroxyl groups is 2. The number of rotatable bonds is 24. The van der Waals surface area contributed by atoms with Crippen molar-refractivity contribution in [1.29, 1.82) is 0 Å². The lowest BCUT2D eigenvalue weighted by Crippen LogP contribution is -2.44. The van der Waals surface area contributed by atoms with Crippen LogP contribution in [-0.4, -0.2) is 33.8 Å². The van der Waals surface area contributed by atoms with Gasteiger partial charge in [-0.3, -0.25) is 40.9 Å².